The third-order valence-corrected chi connectivity index (χ3v) is 7.13. The average Bonchev–Trinajstić information content (AvgIpc) is 3.10. The molecule has 27 heavy (non-hydrogen) atoms. The van der Waals surface area contributed by atoms with E-state index >= 15 is 0 Å². The Bertz CT molecular complexity index is 942. The highest BCUT2D eigenvalue weighted by Crippen LogP contribution is 2.64. The zero-order valence-electron chi connectivity index (χ0n) is 16.1. The molecule has 4 rings (SSSR count). The van der Waals surface area contributed by atoms with Crippen LogP contribution in [0.25, 0.3) is 5.69 Å². The smallest absolute Gasteiger partial charge is 0.142 e. The zero-order valence-corrected chi connectivity index (χ0v) is 16.8. The molecule has 0 spiro atoms. The molecule has 2 aliphatic carbocycles. The molecule has 2 atom stereocenters. The van der Waals surface area contributed by atoms with Crippen LogP contribution in [0.5, 0.6) is 0 Å². The second-order valence-electron chi connectivity index (χ2n) is 8.33. The third-order valence-electron chi connectivity index (χ3n) is 6.76. The summed E-state index contributed by atoms with van der Waals surface area (Å²) in [5, 5.41) is 9.38. The van der Waals surface area contributed by atoms with Gasteiger partial charge in [0.15, 0.2) is 0 Å². The minimum Gasteiger partial charge on any atom is -0.282 e. The normalized spacial score (nSPS) is 26.0. The summed E-state index contributed by atoms with van der Waals surface area (Å²) in [4.78, 5) is 0. The lowest BCUT2D eigenvalue weighted by Crippen LogP contribution is -2.33. The number of hydrogen-bond donors (Lipinski definition) is 1. The van der Waals surface area contributed by atoms with Crippen LogP contribution >= 0.6 is 11.6 Å². The summed E-state index contributed by atoms with van der Waals surface area (Å²) in [6.07, 6.45) is 6.47. The number of nitrogens with zero attached hydrogens (tertiary/aromatic N) is 3. The molecule has 6 heteroatoms. The van der Waals surface area contributed by atoms with Crippen LogP contribution in [0.15, 0.2) is 41.1 Å². The molecular weight excluding hydrogens is 363 g/mol. The average molecular weight is 387 g/mol. The minimum absolute atomic E-state index is 0.131. The van der Waals surface area contributed by atoms with Gasteiger partial charge in [-0.1, -0.05) is 38.4 Å². The monoisotopic (exact) mass is 386 g/mol. The molecule has 0 unspecified atom stereocenters. The summed E-state index contributed by atoms with van der Waals surface area (Å²) in [6, 6.07) is 6.08. The van der Waals surface area contributed by atoms with E-state index in [4.69, 9.17) is 11.6 Å². The SMILES string of the molecule is Cc1nn(-c2ccc(F)cc2)c(Cl)c1/C=N\NC1=C[C@@H]2CC[C@]1(C)C2(C)C. The molecule has 4 nitrogen and oxygen atoms in total. The Morgan fingerprint density at radius 1 is 1.30 bits per heavy atom. The number of hydrazone groups is 1. The molecule has 1 heterocycles. The fourth-order valence-electron chi connectivity index (χ4n) is 4.43. The van der Waals surface area contributed by atoms with Crippen LogP contribution in [-0.2, 0) is 0 Å². The highest BCUT2D eigenvalue weighted by atomic mass is 35.5. The van der Waals surface area contributed by atoms with Crippen molar-refractivity contribution in [1.29, 1.82) is 0 Å². The largest absolute Gasteiger partial charge is 0.282 e. The fraction of sp³-hybridized carbons (Fsp3) is 0.429. The summed E-state index contributed by atoms with van der Waals surface area (Å²) >= 11 is 6.51. The summed E-state index contributed by atoms with van der Waals surface area (Å²) in [7, 11) is 0. The second kappa shape index (κ2) is 6.20. The van der Waals surface area contributed by atoms with Crippen LogP contribution in [0.2, 0.25) is 5.15 Å². The number of allylic oxidation sites excluding steroid dienone is 2. The number of benzene rings is 1. The van der Waals surface area contributed by atoms with Gasteiger partial charge in [-0.05, 0) is 55.4 Å². The lowest BCUT2D eigenvalue weighted by atomic mass is 9.69. The van der Waals surface area contributed by atoms with Crippen LogP contribution in [0.3, 0.4) is 0 Å². The molecule has 0 radical (unpaired) electrons. The van der Waals surface area contributed by atoms with Gasteiger partial charge in [0.25, 0.3) is 0 Å². The lowest BCUT2D eigenvalue weighted by molar-refractivity contribution is 0.164. The van der Waals surface area contributed by atoms with Gasteiger partial charge in [0.1, 0.15) is 11.0 Å². The van der Waals surface area contributed by atoms with Gasteiger partial charge in [-0.3, -0.25) is 5.43 Å². The Labute approximate surface area is 164 Å². The first-order chi connectivity index (χ1) is 12.7. The first kappa shape index (κ1) is 18.2. The van der Waals surface area contributed by atoms with Crippen LogP contribution < -0.4 is 5.43 Å². The molecule has 1 fully saturated rings. The topological polar surface area (TPSA) is 42.2 Å². The number of aryl methyl sites for hydroxylation is 1. The van der Waals surface area contributed by atoms with Crippen molar-refractivity contribution >= 4 is 17.8 Å². The van der Waals surface area contributed by atoms with Crippen molar-refractivity contribution < 1.29 is 4.39 Å². The Kier molecular flexibility index (Phi) is 4.18. The van der Waals surface area contributed by atoms with Gasteiger partial charge in [-0.15, -0.1) is 0 Å². The summed E-state index contributed by atoms with van der Waals surface area (Å²) in [5.41, 5.74) is 7.06. The zero-order chi connectivity index (χ0) is 19.4. The van der Waals surface area contributed by atoms with Gasteiger partial charge in [-0.25, -0.2) is 9.07 Å². The van der Waals surface area contributed by atoms with E-state index in [0.717, 1.165) is 11.3 Å². The quantitative estimate of drug-likeness (QED) is 0.577. The van der Waals surface area contributed by atoms with Crippen LogP contribution in [-0.4, -0.2) is 16.0 Å². The second-order valence-corrected chi connectivity index (χ2v) is 8.69. The van der Waals surface area contributed by atoms with E-state index in [2.05, 4.69) is 42.5 Å². The summed E-state index contributed by atoms with van der Waals surface area (Å²) in [5.74, 6) is 0.312. The molecule has 2 bridgehead atoms. The number of rotatable bonds is 4. The maximum absolute atomic E-state index is 13.2. The molecular formula is C21H24ClFN4. The molecule has 0 saturated heterocycles. The summed E-state index contributed by atoms with van der Waals surface area (Å²) < 4.78 is 14.8. The van der Waals surface area contributed by atoms with E-state index in [9.17, 15) is 4.39 Å². The number of halogens is 2. The Morgan fingerprint density at radius 2 is 2.00 bits per heavy atom. The maximum atomic E-state index is 13.2. The van der Waals surface area contributed by atoms with Crippen molar-refractivity contribution in [2.45, 2.75) is 40.5 Å². The Balaban J connectivity index is 1.56. The van der Waals surface area contributed by atoms with Gasteiger partial charge in [-0.2, -0.15) is 10.2 Å². The van der Waals surface area contributed by atoms with Crippen LogP contribution in [0.4, 0.5) is 4.39 Å². The van der Waals surface area contributed by atoms with Gasteiger partial charge >= 0.3 is 0 Å². The standard InChI is InChI=1S/C21H24ClFN4/c1-13-17(19(22)27(26-13)16-7-5-15(23)6-8-16)12-24-25-18-11-14-9-10-21(18,4)20(14,2)3/h5-8,11-12,14,25H,9-10H2,1-4H3/b24-12-/t14-,21-/m0/s1. The summed E-state index contributed by atoms with van der Waals surface area (Å²) in [6.45, 7) is 8.88. The van der Waals surface area contributed by atoms with E-state index in [-0.39, 0.29) is 16.6 Å². The van der Waals surface area contributed by atoms with Crippen molar-refractivity contribution in [3.63, 3.8) is 0 Å². The minimum atomic E-state index is -0.291. The predicted molar refractivity (Wildman–Crippen MR) is 107 cm³/mol. The third kappa shape index (κ3) is 2.71. The predicted octanol–water partition coefficient (Wildman–Crippen LogP) is 5.24. The Morgan fingerprint density at radius 3 is 2.59 bits per heavy atom. The number of nitrogens with one attached hydrogen (secondary N) is 1. The first-order valence-corrected chi connectivity index (χ1v) is 9.64. The molecule has 2 aliphatic rings. The highest BCUT2D eigenvalue weighted by Gasteiger charge is 2.57. The van der Waals surface area contributed by atoms with E-state index in [1.165, 1.54) is 30.7 Å². The lowest BCUT2D eigenvalue weighted by Gasteiger charge is -2.36. The number of aromatic nitrogens is 2. The molecule has 1 N–H and O–H groups in total. The van der Waals surface area contributed by atoms with Gasteiger partial charge in [0.05, 0.1) is 23.2 Å². The van der Waals surface area contributed by atoms with E-state index in [0.29, 0.717) is 16.8 Å². The van der Waals surface area contributed by atoms with Crippen LogP contribution in [0, 0.1) is 29.5 Å². The highest BCUT2D eigenvalue weighted by molar-refractivity contribution is 6.32. The van der Waals surface area contributed by atoms with Gasteiger partial charge in [0.2, 0.25) is 0 Å². The number of hydrogen-bond acceptors (Lipinski definition) is 3. The van der Waals surface area contributed by atoms with Crippen molar-refractivity contribution in [3.8, 4) is 5.69 Å². The molecule has 1 aromatic heterocycles. The van der Waals surface area contributed by atoms with E-state index in [1.54, 1.807) is 23.0 Å². The fourth-order valence-corrected chi connectivity index (χ4v) is 4.75. The van der Waals surface area contributed by atoms with Crippen molar-refractivity contribution in [2.24, 2.45) is 21.8 Å². The number of fused-ring (bicyclic) bond motifs is 2. The first-order valence-electron chi connectivity index (χ1n) is 9.26. The van der Waals surface area contributed by atoms with Crippen molar-refractivity contribution in [3.05, 3.63) is 58.3 Å². The van der Waals surface area contributed by atoms with Crippen LogP contribution in [0.1, 0.15) is 44.9 Å². The maximum Gasteiger partial charge on any atom is 0.142 e. The molecule has 0 aliphatic heterocycles. The van der Waals surface area contributed by atoms with Gasteiger partial charge < -0.3 is 0 Å². The van der Waals surface area contributed by atoms with Crippen molar-refractivity contribution in [2.75, 3.05) is 0 Å². The molecule has 1 aromatic carbocycles. The van der Waals surface area contributed by atoms with E-state index in [1.807, 2.05) is 6.92 Å². The Hall–Kier alpha value is -2.14. The van der Waals surface area contributed by atoms with Crippen molar-refractivity contribution in [1.82, 2.24) is 15.2 Å². The molecule has 2 aromatic rings. The van der Waals surface area contributed by atoms with Gasteiger partial charge in [0, 0.05) is 11.1 Å². The molecule has 0 amide bonds. The molecule has 142 valence electrons. The molecule has 1 saturated carbocycles. The van der Waals surface area contributed by atoms with E-state index < -0.39 is 0 Å².